The van der Waals surface area contributed by atoms with E-state index in [4.69, 9.17) is 9.47 Å². The van der Waals surface area contributed by atoms with Crippen molar-refractivity contribution in [2.45, 2.75) is 45.3 Å². The quantitative estimate of drug-likeness (QED) is 0.486. The third-order valence-corrected chi connectivity index (χ3v) is 4.08. The van der Waals surface area contributed by atoms with Gasteiger partial charge in [0.1, 0.15) is 5.60 Å². The summed E-state index contributed by atoms with van der Waals surface area (Å²) in [6.07, 6.45) is 1.07. The highest BCUT2D eigenvalue weighted by molar-refractivity contribution is 5.96. The van der Waals surface area contributed by atoms with E-state index in [1.807, 2.05) is 4.90 Å². The van der Waals surface area contributed by atoms with Crippen LogP contribution in [0.4, 0.5) is 16.2 Å². The predicted octanol–water partition coefficient (Wildman–Crippen LogP) is 2.87. The van der Waals surface area contributed by atoms with E-state index in [2.05, 4.69) is 5.32 Å². The second-order valence-electron chi connectivity index (χ2n) is 7.38. The molecule has 0 bridgehead atoms. The number of esters is 1. The second kappa shape index (κ2) is 8.24. The summed E-state index contributed by atoms with van der Waals surface area (Å²) in [5.41, 5.74) is -0.0955. The number of nitro benzene ring substituents is 1. The summed E-state index contributed by atoms with van der Waals surface area (Å²) in [7, 11) is 1.23. The monoisotopic (exact) mass is 379 g/mol. The van der Waals surface area contributed by atoms with E-state index < -0.39 is 22.6 Å². The zero-order chi connectivity index (χ0) is 20.2. The zero-order valence-electron chi connectivity index (χ0n) is 16.0. The summed E-state index contributed by atoms with van der Waals surface area (Å²) in [6, 6.07) is 3.95. The molecule has 1 atom stereocenters. The first kappa shape index (κ1) is 20.5. The van der Waals surface area contributed by atoms with Gasteiger partial charge in [-0.3, -0.25) is 10.1 Å². The third-order valence-electron chi connectivity index (χ3n) is 4.08. The number of hydrogen-bond acceptors (Lipinski definition) is 7. The van der Waals surface area contributed by atoms with Crippen LogP contribution in [0.2, 0.25) is 0 Å². The fourth-order valence-corrected chi connectivity index (χ4v) is 2.97. The highest BCUT2D eigenvalue weighted by atomic mass is 16.6. The SMILES string of the molecule is COC(=O)c1cc([N+](=O)[O-])ccc1N1CCCC(NC(=O)OC(C)(C)C)C1. The molecule has 1 amide bonds. The van der Waals surface area contributed by atoms with E-state index >= 15 is 0 Å². The van der Waals surface area contributed by atoms with Crippen LogP contribution in [-0.4, -0.2) is 48.8 Å². The van der Waals surface area contributed by atoms with Gasteiger partial charge in [-0.2, -0.15) is 0 Å². The number of anilines is 1. The van der Waals surface area contributed by atoms with Crippen LogP contribution in [0.25, 0.3) is 0 Å². The third kappa shape index (κ3) is 5.57. The number of non-ortho nitro benzene ring substituents is 1. The Morgan fingerprint density at radius 1 is 1.33 bits per heavy atom. The zero-order valence-corrected chi connectivity index (χ0v) is 16.0. The van der Waals surface area contributed by atoms with Crippen LogP contribution < -0.4 is 10.2 Å². The van der Waals surface area contributed by atoms with Gasteiger partial charge in [0, 0.05) is 31.3 Å². The molecule has 1 unspecified atom stereocenters. The Morgan fingerprint density at radius 2 is 2.04 bits per heavy atom. The van der Waals surface area contributed by atoms with Gasteiger partial charge in [-0.25, -0.2) is 9.59 Å². The lowest BCUT2D eigenvalue weighted by atomic mass is 10.0. The topological polar surface area (TPSA) is 111 Å². The number of carbonyl (C=O) groups excluding carboxylic acids is 2. The van der Waals surface area contributed by atoms with Gasteiger partial charge < -0.3 is 19.7 Å². The number of nitro groups is 1. The van der Waals surface area contributed by atoms with Crippen molar-refractivity contribution < 1.29 is 24.0 Å². The van der Waals surface area contributed by atoms with Crippen molar-refractivity contribution >= 4 is 23.4 Å². The summed E-state index contributed by atoms with van der Waals surface area (Å²) >= 11 is 0. The Kier molecular flexibility index (Phi) is 6.24. The molecule has 1 aromatic rings. The average molecular weight is 379 g/mol. The molecular formula is C18H25N3O6. The fraction of sp³-hybridized carbons (Fsp3) is 0.556. The smallest absolute Gasteiger partial charge is 0.407 e. The first-order chi connectivity index (χ1) is 12.6. The Bertz CT molecular complexity index is 728. The van der Waals surface area contributed by atoms with Gasteiger partial charge in [0.25, 0.3) is 5.69 Å². The van der Waals surface area contributed by atoms with Crippen molar-refractivity contribution in [1.29, 1.82) is 0 Å². The van der Waals surface area contributed by atoms with E-state index in [1.165, 1.54) is 19.2 Å². The number of nitrogens with zero attached hydrogens (tertiary/aromatic N) is 2. The van der Waals surface area contributed by atoms with Crippen LogP contribution in [-0.2, 0) is 9.47 Å². The molecule has 1 fully saturated rings. The number of benzene rings is 1. The van der Waals surface area contributed by atoms with Gasteiger partial charge in [-0.15, -0.1) is 0 Å². The van der Waals surface area contributed by atoms with Crippen LogP contribution >= 0.6 is 0 Å². The summed E-state index contributed by atoms with van der Waals surface area (Å²) in [5, 5.41) is 13.9. The molecular weight excluding hydrogens is 354 g/mol. The molecule has 0 aliphatic carbocycles. The van der Waals surface area contributed by atoms with Crippen LogP contribution in [0.5, 0.6) is 0 Å². The highest BCUT2D eigenvalue weighted by Crippen LogP contribution is 2.28. The molecule has 1 aliphatic rings. The Balaban J connectivity index is 2.18. The van der Waals surface area contributed by atoms with Crippen molar-refractivity contribution in [1.82, 2.24) is 5.32 Å². The van der Waals surface area contributed by atoms with Crippen LogP contribution in [0.15, 0.2) is 18.2 Å². The molecule has 0 aromatic heterocycles. The summed E-state index contributed by atoms with van der Waals surface area (Å²) < 4.78 is 10.1. The first-order valence-corrected chi connectivity index (χ1v) is 8.72. The molecule has 9 heteroatoms. The van der Waals surface area contributed by atoms with E-state index in [9.17, 15) is 19.7 Å². The van der Waals surface area contributed by atoms with Gasteiger partial charge >= 0.3 is 12.1 Å². The minimum absolute atomic E-state index is 0.129. The Hall–Kier alpha value is -2.84. The van der Waals surface area contributed by atoms with E-state index in [0.717, 1.165) is 12.8 Å². The minimum Gasteiger partial charge on any atom is -0.465 e. The maximum Gasteiger partial charge on any atom is 0.407 e. The Morgan fingerprint density at radius 3 is 2.63 bits per heavy atom. The van der Waals surface area contributed by atoms with Crippen molar-refractivity contribution in [3.05, 3.63) is 33.9 Å². The average Bonchev–Trinajstić information content (AvgIpc) is 2.59. The number of nitrogens with one attached hydrogen (secondary N) is 1. The lowest BCUT2D eigenvalue weighted by molar-refractivity contribution is -0.384. The lowest BCUT2D eigenvalue weighted by Gasteiger charge is -2.35. The summed E-state index contributed by atoms with van der Waals surface area (Å²) in [6.45, 7) is 6.49. The molecule has 1 heterocycles. The molecule has 0 saturated carbocycles. The van der Waals surface area contributed by atoms with Crippen LogP contribution in [0.1, 0.15) is 44.0 Å². The number of carbonyl (C=O) groups is 2. The number of rotatable bonds is 4. The molecule has 0 spiro atoms. The van der Waals surface area contributed by atoms with Gasteiger partial charge in [0.2, 0.25) is 0 Å². The van der Waals surface area contributed by atoms with Crippen molar-refractivity contribution in [2.75, 3.05) is 25.1 Å². The van der Waals surface area contributed by atoms with E-state index in [0.29, 0.717) is 18.8 Å². The maximum atomic E-state index is 12.1. The van der Waals surface area contributed by atoms with Crippen molar-refractivity contribution in [2.24, 2.45) is 0 Å². The second-order valence-corrected chi connectivity index (χ2v) is 7.38. The van der Waals surface area contributed by atoms with Crippen molar-refractivity contribution in [3.8, 4) is 0 Å². The van der Waals surface area contributed by atoms with Crippen LogP contribution in [0, 0.1) is 10.1 Å². The molecule has 1 aliphatic heterocycles. The standard InChI is InChI=1S/C18H25N3O6/c1-18(2,3)27-17(23)19-12-6-5-9-20(11-12)15-8-7-13(21(24)25)10-14(15)16(22)26-4/h7-8,10,12H,5-6,9,11H2,1-4H3,(H,19,23). The number of piperidine rings is 1. The number of alkyl carbamates (subject to hydrolysis) is 1. The maximum absolute atomic E-state index is 12.1. The van der Waals surface area contributed by atoms with Gasteiger partial charge in [-0.05, 0) is 39.7 Å². The van der Waals surface area contributed by atoms with E-state index in [1.54, 1.807) is 26.8 Å². The molecule has 9 nitrogen and oxygen atoms in total. The number of amides is 1. The number of methoxy groups -OCH3 is 1. The molecule has 27 heavy (non-hydrogen) atoms. The molecule has 1 N–H and O–H groups in total. The minimum atomic E-state index is -0.643. The normalized spacial score (nSPS) is 17.2. The van der Waals surface area contributed by atoms with E-state index in [-0.39, 0.29) is 17.3 Å². The summed E-state index contributed by atoms with van der Waals surface area (Å²) in [4.78, 5) is 36.5. The predicted molar refractivity (Wildman–Crippen MR) is 99.0 cm³/mol. The molecule has 1 saturated heterocycles. The molecule has 148 valence electrons. The molecule has 1 aromatic carbocycles. The summed E-state index contributed by atoms with van der Waals surface area (Å²) in [5.74, 6) is -0.643. The molecule has 2 rings (SSSR count). The van der Waals surface area contributed by atoms with Gasteiger partial charge in [0.05, 0.1) is 23.3 Å². The lowest BCUT2D eigenvalue weighted by Crippen LogP contribution is -2.49. The largest absolute Gasteiger partial charge is 0.465 e. The first-order valence-electron chi connectivity index (χ1n) is 8.72. The fourth-order valence-electron chi connectivity index (χ4n) is 2.97. The highest BCUT2D eigenvalue weighted by Gasteiger charge is 2.27. The van der Waals surface area contributed by atoms with Crippen LogP contribution in [0.3, 0.4) is 0 Å². The van der Waals surface area contributed by atoms with Crippen molar-refractivity contribution in [3.63, 3.8) is 0 Å². The van der Waals surface area contributed by atoms with Gasteiger partial charge in [-0.1, -0.05) is 0 Å². The number of hydrogen-bond donors (Lipinski definition) is 1. The Labute approximate surface area is 157 Å². The molecule has 0 radical (unpaired) electrons. The number of ether oxygens (including phenoxy) is 2. The van der Waals surface area contributed by atoms with Gasteiger partial charge in [0.15, 0.2) is 0 Å².